The van der Waals surface area contributed by atoms with E-state index in [0.29, 0.717) is 36.4 Å². The number of hydrogen-bond donors (Lipinski definition) is 0. The SMILES string of the molecule is C[C@]12CC[C@H](OS(=O)(=O)[O-])CC1=CCC1C2CC[C@]2(C)C(=O)CCC12.[Na+]. The van der Waals surface area contributed by atoms with E-state index in [4.69, 9.17) is 4.18 Å². The third-order valence-electron chi connectivity index (χ3n) is 8.02. The minimum absolute atomic E-state index is 0. The van der Waals surface area contributed by atoms with Gasteiger partial charge in [-0.1, -0.05) is 25.5 Å². The van der Waals surface area contributed by atoms with Gasteiger partial charge in [0.05, 0.1) is 6.10 Å². The number of Topliss-reactive ketones (excluding diaryl/α,β-unsaturated/α-hetero) is 1. The first-order valence-electron chi connectivity index (χ1n) is 9.50. The van der Waals surface area contributed by atoms with Gasteiger partial charge in [-0.3, -0.25) is 8.98 Å². The van der Waals surface area contributed by atoms with Gasteiger partial charge < -0.3 is 4.55 Å². The number of carbonyl (C=O) groups is 1. The molecule has 0 aromatic heterocycles. The van der Waals surface area contributed by atoms with Gasteiger partial charge in [-0.05, 0) is 68.1 Å². The smallest absolute Gasteiger partial charge is 0.726 e. The van der Waals surface area contributed by atoms with E-state index in [1.54, 1.807) is 0 Å². The van der Waals surface area contributed by atoms with Crippen molar-refractivity contribution in [3.8, 4) is 0 Å². The van der Waals surface area contributed by atoms with Crippen LogP contribution in [0.2, 0.25) is 0 Å². The zero-order valence-electron chi connectivity index (χ0n) is 16.0. The second-order valence-corrected chi connectivity index (χ2v) is 10.1. The van der Waals surface area contributed by atoms with Gasteiger partial charge >= 0.3 is 29.6 Å². The molecular weight excluding hydrogens is 363 g/mol. The standard InChI is InChI=1S/C19H28O5S.Na/c1-18-9-7-13(24-25(21,22)23)11-12(18)3-4-14-15-5-6-17(20)19(15,2)10-8-16(14)18;/h3,13-16H,4-11H2,1-2H3,(H,21,22,23);/q;+1/p-1/t13-,14?,15?,16?,18-,19-;/m0./s1. The molecule has 0 radical (unpaired) electrons. The maximum absolute atomic E-state index is 12.4. The van der Waals surface area contributed by atoms with Gasteiger partial charge in [0.2, 0.25) is 10.4 Å². The van der Waals surface area contributed by atoms with Crippen LogP contribution < -0.4 is 29.6 Å². The summed E-state index contributed by atoms with van der Waals surface area (Å²) in [6.07, 6.45) is 8.55. The number of ketones is 1. The van der Waals surface area contributed by atoms with Crippen molar-refractivity contribution < 1.29 is 51.5 Å². The summed E-state index contributed by atoms with van der Waals surface area (Å²) in [5.74, 6) is 2.05. The number of hydrogen-bond acceptors (Lipinski definition) is 5. The summed E-state index contributed by atoms with van der Waals surface area (Å²) < 4.78 is 37.5. The second-order valence-electron chi connectivity index (χ2n) is 9.05. The first-order valence-corrected chi connectivity index (χ1v) is 10.8. The van der Waals surface area contributed by atoms with Crippen molar-refractivity contribution in [2.45, 2.75) is 71.3 Å². The molecule has 0 amide bonds. The van der Waals surface area contributed by atoms with E-state index in [1.165, 1.54) is 5.57 Å². The molecule has 0 aromatic rings. The molecule has 0 bridgehead atoms. The van der Waals surface area contributed by atoms with Crippen molar-refractivity contribution in [3.63, 3.8) is 0 Å². The first kappa shape index (κ1) is 21.0. The molecule has 0 heterocycles. The van der Waals surface area contributed by atoms with E-state index in [9.17, 15) is 17.8 Å². The van der Waals surface area contributed by atoms with Crippen LogP contribution in [0.1, 0.15) is 65.2 Å². The number of fused-ring (bicyclic) bond motifs is 5. The van der Waals surface area contributed by atoms with Gasteiger partial charge in [0.1, 0.15) is 5.78 Å². The maximum atomic E-state index is 12.4. The zero-order chi connectivity index (χ0) is 18.0. The summed E-state index contributed by atoms with van der Waals surface area (Å²) in [5.41, 5.74) is 1.20. The van der Waals surface area contributed by atoms with Crippen LogP contribution >= 0.6 is 0 Å². The minimum atomic E-state index is -4.65. The van der Waals surface area contributed by atoms with E-state index in [1.807, 2.05) is 0 Å². The van der Waals surface area contributed by atoms with Crippen molar-refractivity contribution in [1.29, 1.82) is 0 Å². The summed E-state index contributed by atoms with van der Waals surface area (Å²) in [7, 11) is -4.65. The molecule has 0 spiro atoms. The number of rotatable bonds is 2. The molecule has 0 N–H and O–H groups in total. The van der Waals surface area contributed by atoms with Crippen LogP contribution in [0.25, 0.3) is 0 Å². The fourth-order valence-corrected chi connectivity index (χ4v) is 7.14. The molecule has 4 aliphatic rings. The monoisotopic (exact) mass is 390 g/mol. The van der Waals surface area contributed by atoms with E-state index in [2.05, 4.69) is 19.9 Å². The normalized spacial score (nSPS) is 45.0. The second kappa shape index (κ2) is 6.96. The average molecular weight is 390 g/mol. The predicted molar refractivity (Wildman–Crippen MR) is 91.3 cm³/mol. The zero-order valence-corrected chi connectivity index (χ0v) is 18.8. The van der Waals surface area contributed by atoms with Crippen LogP contribution in [0.15, 0.2) is 11.6 Å². The van der Waals surface area contributed by atoms with Gasteiger partial charge in [0.15, 0.2) is 0 Å². The van der Waals surface area contributed by atoms with Crippen LogP contribution in [0.5, 0.6) is 0 Å². The Morgan fingerprint density at radius 2 is 1.77 bits per heavy atom. The van der Waals surface area contributed by atoms with Gasteiger partial charge in [-0.2, -0.15) is 0 Å². The fourth-order valence-electron chi connectivity index (χ4n) is 6.65. The Balaban J connectivity index is 0.00000196. The Morgan fingerprint density at radius 3 is 2.46 bits per heavy atom. The van der Waals surface area contributed by atoms with E-state index in [0.717, 1.165) is 38.5 Å². The first-order chi connectivity index (χ1) is 11.6. The maximum Gasteiger partial charge on any atom is 1.00 e. The Morgan fingerprint density at radius 1 is 1.12 bits per heavy atom. The average Bonchev–Trinajstić information content (AvgIpc) is 2.82. The summed E-state index contributed by atoms with van der Waals surface area (Å²) in [4.78, 5) is 12.4. The van der Waals surface area contributed by atoms with Crippen LogP contribution in [0.4, 0.5) is 0 Å². The van der Waals surface area contributed by atoms with Crippen molar-refractivity contribution in [2.24, 2.45) is 28.6 Å². The topological polar surface area (TPSA) is 83.5 Å². The Hall–Kier alpha value is 0.280. The quantitative estimate of drug-likeness (QED) is 0.294. The van der Waals surface area contributed by atoms with Gasteiger partial charge in [0.25, 0.3) is 0 Å². The molecule has 6 atom stereocenters. The van der Waals surface area contributed by atoms with Crippen LogP contribution in [0.3, 0.4) is 0 Å². The van der Waals surface area contributed by atoms with Crippen LogP contribution in [-0.4, -0.2) is 24.9 Å². The van der Waals surface area contributed by atoms with Gasteiger partial charge in [-0.25, -0.2) is 8.42 Å². The molecule has 4 aliphatic carbocycles. The molecule has 0 aromatic carbocycles. The molecule has 0 saturated heterocycles. The molecule has 0 aliphatic heterocycles. The van der Waals surface area contributed by atoms with E-state index in [-0.39, 0.29) is 40.4 Å². The Bertz CT molecular complexity index is 732. The molecular formula is C19H27NaO5S. The number of allylic oxidation sites excluding steroid dienone is 1. The van der Waals surface area contributed by atoms with Crippen molar-refractivity contribution in [3.05, 3.63) is 11.6 Å². The van der Waals surface area contributed by atoms with Crippen molar-refractivity contribution in [2.75, 3.05) is 0 Å². The van der Waals surface area contributed by atoms with Gasteiger partial charge in [0, 0.05) is 11.8 Å². The summed E-state index contributed by atoms with van der Waals surface area (Å²) in [5, 5.41) is 0. The summed E-state index contributed by atoms with van der Waals surface area (Å²) in [6, 6.07) is 0. The molecule has 4 rings (SSSR count). The largest absolute Gasteiger partial charge is 1.00 e. The molecule has 3 unspecified atom stereocenters. The van der Waals surface area contributed by atoms with E-state index >= 15 is 0 Å². The molecule has 3 saturated carbocycles. The molecule has 26 heavy (non-hydrogen) atoms. The van der Waals surface area contributed by atoms with Crippen LogP contribution in [-0.2, 0) is 19.4 Å². The third kappa shape index (κ3) is 3.29. The van der Waals surface area contributed by atoms with E-state index < -0.39 is 16.5 Å². The fraction of sp³-hybridized carbons (Fsp3) is 0.842. The Kier molecular flexibility index (Phi) is 5.62. The van der Waals surface area contributed by atoms with Crippen molar-refractivity contribution in [1.82, 2.24) is 0 Å². The van der Waals surface area contributed by atoms with Crippen LogP contribution in [0, 0.1) is 28.6 Å². The van der Waals surface area contributed by atoms with Gasteiger partial charge in [-0.15, -0.1) is 0 Å². The number of carbonyl (C=O) groups excluding carboxylic acids is 1. The van der Waals surface area contributed by atoms with Crippen molar-refractivity contribution >= 4 is 16.2 Å². The predicted octanol–water partition coefficient (Wildman–Crippen LogP) is 0.368. The molecule has 3 fully saturated rings. The summed E-state index contributed by atoms with van der Waals surface area (Å²) in [6.45, 7) is 4.48. The molecule has 140 valence electrons. The Labute approximate surface area is 178 Å². The third-order valence-corrected chi connectivity index (χ3v) is 8.53. The molecule has 5 nitrogen and oxygen atoms in total. The minimum Gasteiger partial charge on any atom is -0.726 e. The molecule has 7 heteroatoms. The summed E-state index contributed by atoms with van der Waals surface area (Å²) >= 11 is 0.